The van der Waals surface area contributed by atoms with Crippen molar-refractivity contribution >= 4 is 49.3 Å². The molecule has 0 spiro atoms. The zero-order valence-electron chi connectivity index (χ0n) is 33.3. The topological polar surface area (TPSA) is 61.8 Å². The fourth-order valence-corrected chi connectivity index (χ4v) is 9.41. The molecule has 0 aliphatic heterocycles. The van der Waals surface area contributed by atoms with Crippen LogP contribution in [0.5, 0.6) is 0 Å². The van der Waals surface area contributed by atoms with E-state index in [0.29, 0.717) is 27.9 Å². The Labute approximate surface area is 358 Å². The lowest BCUT2D eigenvalue weighted by Crippen LogP contribution is -1.98. The number of para-hydroxylation sites is 3. The molecule has 0 radical (unpaired) electrons. The highest BCUT2D eigenvalue weighted by atomic mass is 15.0. The van der Waals surface area contributed by atoms with E-state index in [1.807, 2.05) is 97.1 Å². The maximum absolute atomic E-state index is 11.0. The molecule has 2 heterocycles. The number of benzene rings is 9. The molecule has 0 saturated heterocycles. The van der Waals surface area contributed by atoms with E-state index in [1.54, 1.807) is 0 Å². The van der Waals surface area contributed by atoms with E-state index in [4.69, 9.17) is 6.57 Å². The van der Waals surface area contributed by atoms with Crippen molar-refractivity contribution in [1.29, 1.82) is 10.5 Å². The van der Waals surface area contributed by atoms with Crippen LogP contribution in [0.4, 0.5) is 5.69 Å². The molecule has 9 aromatic carbocycles. The Hall–Kier alpha value is -8.95. The lowest BCUT2D eigenvalue weighted by Gasteiger charge is -2.18. The van der Waals surface area contributed by atoms with E-state index in [2.05, 4.69) is 129 Å². The normalized spacial score (nSPS) is 11.2. The molecule has 0 fully saturated rings. The quantitative estimate of drug-likeness (QED) is 0.158. The molecule has 0 N–H and O–H groups in total. The summed E-state index contributed by atoms with van der Waals surface area (Å²) in [5, 5.41) is 26.3. The number of fused-ring (bicyclic) bond motifs is 7. The van der Waals surface area contributed by atoms with Crippen molar-refractivity contribution in [2.24, 2.45) is 0 Å². The lowest BCUT2D eigenvalue weighted by atomic mass is 9.85. The summed E-state index contributed by atoms with van der Waals surface area (Å²) in [6.07, 6.45) is 0. The zero-order valence-corrected chi connectivity index (χ0v) is 33.3. The smallest absolute Gasteiger partial charge is 0.203 e. The first-order valence-electron chi connectivity index (χ1n) is 20.4. The average Bonchev–Trinajstić information content (AvgIpc) is 3.87. The summed E-state index contributed by atoms with van der Waals surface area (Å²) in [7, 11) is 0. The van der Waals surface area contributed by atoms with E-state index in [1.165, 1.54) is 5.39 Å². The van der Waals surface area contributed by atoms with Crippen molar-refractivity contribution in [3.05, 3.63) is 223 Å². The van der Waals surface area contributed by atoms with Gasteiger partial charge in [-0.2, -0.15) is 10.5 Å². The molecule has 0 aliphatic carbocycles. The highest BCUT2D eigenvalue weighted by Gasteiger charge is 2.25. The van der Waals surface area contributed by atoms with Crippen molar-refractivity contribution in [2.75, 3.05) is 0 Å². The Morgan fingerprint density at radius 1 is 0.419 bits per heavy atom. The molecule has 286 valence electrons. The summed E-state index contributed by atoms with van der Waals surface area (Å²) in [5.74, 6) is 0. The van der Waals surface area contributed by atoms with Crippen LogP contribution in [0.2, 0.25) is 0 Å². The summed E-state index contributed by atoms with van der Waals surface area (Å²) in [5.41, 5.74) is 13.8. The van der Waals surface area contributed by atoms with Crippen molar-refractivity contribution in [3.63, 3.8) is 0 Å². The van der Waals surface area contributed by atoms with Gasteiger partial charge in [-0.3, -0.25) is 0 Å². The third kappa shape index (κ3) is 5.53. The average molecular weight is 788 g/mol. The first-order chi connectivity index (χ1) is 30.7. The molecule has 0 bridgehead atoms. The fourth-order valence-electron chi connectivity index (χ4n) is 9.41. The van der Waals surface area contributed by atoms with Crippen LogP contribution in [0.3, 0.4) is 0 Å². The molecule has 0 aliphatic rings. The van der Waals surface area contributed by atoms with E-state index in [-0.39, 0.29) is 0 Å². The SMILES string of the molecule is [C-]#[N+]c1c(-c2ccccc2)cc(-c2ccc(-c3cccc4c3c3ccc5c6ccccc6n(-c6ccccc6)c5c3n4-c3ccccc3)c(C#N)c2)c(C#N)c1-c1ccccc1. The second-order valence-corrected chi connectivity index (χ2v) is 15.3. The van der Waals surface area contributed by atoms with Crippen LogP contribution < -0.4 is 0 Å². The van der Waals surface area contributed by atoms with Gasteiger partial charge >= 0.3 is 0 Å². The second kappa shape index (κ2) is 14.7. The van der Waals surface area contributed by atoms with Gasteiger partial charge in [-0.25, -0.2) is 4.85 Å². The van der Waals surface area contributed by atoms with Gasteiger partial charge in [-0.05, 0) is 75.8 Å². The van der Waals surface area contributed by atoms with E-state index in [0.717, 1.165) is 83.0 Å². The van der Waals surface area contributed by atoms with Gasteiger partial charge in [0.1, 0.15) is 0 Å². The predicted molar refractivity (Wildman–Crippen MR) is 253 cm³/mol. The van der Waals surface area contributed by atoms with Gasteiger partial charge in [0, 0.05) is 44.0 Å². The Morgan fingerprint density at radius 3 is 1.66 bits per heavy atom. The number of hydrogen-bond acceptors (Lipinski definition) is 2. The third-order valence-electron chi connectivity index (χ3n) is 12.0. The minimum atomic E-state index is 0.393. The number of hydrogen-bond donors (Lipinski definition) is 0. The van der Waals surface area contributed by atoms with Crippen LogP contribution >= 0.6 is 0 Å². The van der Waals surface area contributed by atoms with E-state index >= 15 is 0 Å². The summed E-state index contributed by atoms with van der Waals surface area (Å²) >= 11 is 0. The molecule has 11 rings (SSSR count). The van der Waals surface area contributed by atoms with E-state index < -0.39 is 0 Å². The Morgan fingerprint density at radius 2 is 1.00 bits per heavy atom. The lowest BCUT2D eigenvalue weighted by molar-refractivity contribution is 1.15. The van der Waals surface area contributed by atoms with Crippen LogP contribution in [-0.2, 0) is 0 Å². The van der Waals surface area contributed by atoms with Crippen molar-refractivity contribution in [3.8, 4) is 68.0 Å². The van der Waals surface area contributed by atoms with Crippen LogP contribution in [0.1, 0.15) is 11.1 Å². The summed E-state index contributed by atoms with van der Waals surface area (Å²) in [6.45, 7) is 8.34. The third-order valence-corrected chi connectivity index (χ3v) is 12.0. The largest absolute Gasteiger partial charge is 0.307 e. The molecule has 62 heavy (non-hydrogen) atoms. The van der Waals surface area contributed by atoms with Crippen LogP contribution in [0.15, 0.2) is 200 Å². The van der Waals surface area contributed by atoms with E-state index in [9.17, 15) is 10.5 Å². The number of nitrogens with zero attached hydrogens (tertiary/aromatic N) is 5. The standard InChI is InChI=1S/C57H33N5/c1-60-55-49(37-17-6-2-7-18-37)34-48(50(36-59)53(55)38-19-8-3-9-20-38)39-29-30-43(40(33-39)35-58)45-26-16-28-52-54(45)47-32-31-46-44-25-14-15-27-51(44)61(41-21-10-4-11-22-41)56(46)57(47)62(52)42-23-12-5-13-24-42/h2-34H. The molecule has 0 unspecified atom stereocenters. The molecule has 2 aromatic heterocycles. The minimum Gasteiger partial charge on any atom is -0.307 e. The van der Waals surface area contributed by atoms with Gasteiger partial charge in [0.05, 0.1) is 51.9 Å². The van der Waals surface area contributed by atoms with Gasteiger partial charge in [0.25, 0.3) is 0 Å². The minimum absolute atomic E-state index is 0.393. The number of aromatic nitrogens is 2. The molecular formula is C57H33N5. The second-order valence-electron chi connectivity index (χ2n) is 15.3. The van der Waals surface area contributed by atoms with Crippen molar-refractivity contribution in [2.45, 2.75) is 0 Å². The number of nitriles is 2. The maximum atomic E-state index is 11.0. The van der Waals surface area contributed by atoms with Gasteiger partial charge in [0.15, 0.2) is 0 Å². The Kier molecular flexibility index (Phi) is 8.57. The first kappa shape index (κ1) is 36.2. The van der Waals surface area contributed by atoms with Gasteiger partial charge in [-0.15, -0.1) is 0 Å². The summed E-state index contributed by atoms with van der Waals surface area (Å²) in [4.78, 5) is 4.03. The van der Waals surface area contributed by atoms with Crippen molar-refractivity contribution < 1.29 is 0 Å². The highest BCUT2D eigenvalue weighted by molar-refractivity contribution is 6.26. The molecule has 0 atom stereocenters. The molecule has 0 saturated carbocycles. The van der Waals surface area contributed by atoms with Crippen LogP contribution in [-0.4, -0.2) is 9.13 Å². The highest BCUT2D eigenvalue weighted by Crippen LogP contribution is 2.48. The van der Waals surface area contributed by atoms with Crippen molar-refractivity contribution in [1.82, 2.24) is 9.13 Å². The fraction of sp³-hybridized carbons (Fsp3) is 0. The monoisotopic (exact) mass is 787 g/mol. The molecule has 11 aromatic rings. The van der Waals surface area contributed by atoms with Crippen LogP contribution in [0.25, 0.3) is 104 Å². The van der Waals surface area contributed by atoms with Gasteiger partial charge in [0.2, 0.25) is 5.69 Å². The first-order valence-corrected chi connectivity index (χ1v) is 20.4. The molecule has 5 heteroatoms. The predicted octanol–water partition coefficient (Wildman–Crippen LogP) is 14.8. The summed E-state index contributed by atoms with van der Waals surface area (Å²) < 4.78 is 4.74. The maximum Gasteiger partial charge on any atom is 0.203 e. The summed E-state index contributed by atoms with van der Waals surface area (Å²) in [6, 6.07) is 72.8. The zero-order chi connectivity index (χ0) is 41.7. The molecule has 0 amide bonds. The molecular weight excluding hydrogens is 755 g/mol. The van der Waals surface area contributed by atoms with Crippen LogP contribution in [0, 0.1) is 29.2 Å². The van der Waals surface area contributed by atoms with Gasteiger partial charge < -0.3 is 9.13 Å². The van der Waals surface area contributed by atoms with Gasteiger partial charge in [-0.1, -0.05) is 158 Å². The Bertz CT molecular complexity index is 3690. The Balaban J connectivity index is 1.20. The number of rotatable bonds is 6. The molecule has 5 nitrogen and oxygen atoms in total.